The summed E-state index contributed by atoms with van der Waals surface area (Å²) in [5.41, 5.74) is -0.657. The fourth-order valence-electron chi connectivity index (χ4n) is 0.590. The number of aromatic nitrogens is 2. The zero-order valence-electron chi connectivity index (χ0n) is 5.58. The summed E-state index contributed by atoms with van der Waals surface area (Å²) >= 11 is 0. The number of hydrogen-bond donors (Lipinski definition) is 0. The second kappa shape index (κ2) is 2.86. The molecule has 0 saturated heterocycles. The minimum absolute atomic E-state index is 0.657. The van der Waals surface area contributed by atoms with Gasteiger partial charge in [-0.1, -0.05) is 0 Å². The number of rotatable bonds is 2. The molecule has 0 unspecified atom stereocenters. The molecule has 12 heavy (non-hydrogen) atoms. The molecule has 0 N–H and O–H groups in total. The maximum Gasteiger partial charge on any atom is 0.468 e. The van der Waals surface area contributed by atoms with Crippen molar-refractivity contribution in [3.05, 3.63) is 32.5 Å². The highest BCUT2D eigenvalue weighted by Crippen LogP contribution is 2.20. The molecule has 0 aromatic carbocycles. The Morgan fingerprint density at radius 2 is 1.92 bits per heavy atom. The van der Waals surface area contributed by atoms with Crippen LogP contribution in [0, 0.1) is 20.2 Å². The van der Waals surface area contributed by atoms with Gasteiger partial charge in [0.1, 0.15) is 0 Å². The van der Waals surface area contributed by atoms with Gasteiger partial charge in [0.05, 0.1) is 16.2 Å². The maximum atomic E-state index is 10.2. The quantitative estimate of drug-likeness (QED) is 0.465. The Morgan fingerprint density at radius 3 is 2.33 bits per heavy atom. The molecule has 1 rings (SSSR count). The molecule has 1 heterocycles. The Labute approximate surface area is 65.1 Å². The smallest absolute Gasteiger partial charge is 0.358 e. The van der Waals surface area contributed by atoms with Gasteiger partial charge in [-0.2, -0.15) is 0 Å². The van der Waals surface area contributed by atoms with E-state index in [-0.39, 0.29) is 0 Å². The first-order valence-corrected chi connectivity index (χ1v) is 2.73. The molecule has 0 bridgehead atoms. The van der Waals surface area contributed by atoms with E-state index in [1.165, 1.54) is 0 Å². The lowest BCUT2D eigenvalue weighted by Crippen LogP contribution is -1.99. The zero-order chi connectivity index (χ0) is 9.14. The Bertz CT molecular complexity index is 305. The second-order valence-corrected chi connectivity index (χ2v) is 1.75. The molecule has 0 atom stereocenters. The SMILES string of the molecule is O=[N+]([O-])c1ccnnc1[N+](=O)[O-]. The topological polar surface area (TPSA) is 112 Å². The monoisotopic (exact) mass is 170 g/mol. The van der Waals surface area contributed by atoms with Crippen molar-refractivity contribution in [3.8, 4) is 0 Å². The second-order valence-electron chi connectivity index (χ2n) is 1.75. The Morgan fingerprint density at radius 1 is 1.25 bits per heavy atom. The summed E-state index contributed by atoms with van der Waals surface area (Å²) in [6.45, 7) is 0. The van der Waals surface area contributed by atoms with Crippen molar-refractivity contribution >= 4 is 11.5 Å². The molecule has 0 amide bonds. The molecule has 1 aromatic heterocycles. The lowest BCUT2D eigenvalue weighted by Gasteiger charge is -1.90. The fraction of sp³-hybridized carbons (Fsp3) is 0. The maximum absolute atomic E-state index is 10.2. The zero-order valence-corrected chi connectivity index (χ0v) is 5.58. The summed E-state index contributed by atoms with van der Waals surface area (Å²) in [4.78, 5) is 18.4. The molecule has 0 fully saturated rings. The molecule has 0 spiro atoms. The highest BCUT2D eigenvalue weighted by molar-refractivity contribution is 5.43. The van der Waals surface area contributed by atoms with Gasteiger partial charge in [0, 0.05) is 6.07 Å². The molecule has 8 nitrogen and oxygen atoms in total. The molecular formula is C4H2N4O4. The van der Waals surface area contributed by atoms with E-state index in [0.717, 1.165) is 12.3 Å². The summed E-state index contributed by atoms with van der Waals surface area (Å²) in [5, 5.41) is 26.4. The van der Waals surface area contributed by atoms with Gasteiger partial charge >= 0.3 is 11.5 Å². The van der Waals surface area contributed by atoms with E-state index in [0.29, 0.717) is 0 Å². The van der Waals surface area contributed by atoms with Crippen molar-refractivity contribution in [3.63, 3.8) is 0 Å². The van der Waals surface area contributed by atoms with E-state index in [4.69, 9.17) is 0 Å². The molecule has 0 radical (unpaired) electrons. The first kappa shape index (κ1) is 7.98. The van der Waals surface area contributed by atoms with E-state index < -0.39 is 21.4 Å². The normalized spacial score (nSPS) is 9.33. The molecule has 62 valence electrons. The van der Waals surface area contributed by atoms with Crippen molar-refractivity contribution in [2.75, 3.05) is 0 Å². The Hall–Kier alpha value is -2.12. The first-order valence-electron chi connectivity index (χ1n) is 2.73. The average molecular weight is 170 g/mol. The summed E-state index contributed by atoms with van der Waals surface area (Å²) < 4.78 is 0. The van der Waals surface area contributed by atoms with Crippen LogP contribution in [0.25, 0.3) is 0 Å². The van der Waals surface area contributed by atoms with Crippen LogP contribution >= 0.6 is 0 Å². The minimum Gasteiger partial charge on any atom is -0.358 e. The van der Waals surface area contributed by atoms with Crippen LogP contribution in [0.5, 0.6) is 0 Å². The van der Waals surface area contributed by atoms with Crippen LogP contribution in [0.1, 0.15) is 0 Å². The van der Waals surface area contributed by atoms with Crippen LogP contribution in [0.15, 0.2) is 12.3 Å². The predicted octanol–water partition coefficient (Wildman–Crippen LogP) is 0.293. The Kier molecular flexibility index (Phi) is 1.90. The standard InChI is InChI=1S/C4H2N4O4/c9-7(10)3-1-2-5-6-4(3)8(11)12/h1-2H. The van der Waals surface area contributed by atoms with E-state index in [9.17, 15) is 20.2 Å². The third-order valence-corrected chi connectivity index (χ3v) is 1.05. The van der Waals surface area contributed by atoms with Crippen LogP contribution < -0.4 is 0 Å². The van der Waals surface area contributed by atoms with Crippen molar-refractivity contribution in [1.29, 1.82) is 0 Å². The van der Waals surface area contributed by atoms with Crippen LogP contribution in [-0.4, -0.2) is 20.0 Å². The molecular weight excluding hydrogens is 168 g/mol. The van der Waals surface area contributed by atoms with E-state index in [1.54, 1.807) is 0 Å². The highest BCUT2D eigenvalue weighted by atomic mass is 16.6. The summed E-state index contributed by atoms with van der Waals surface area (Å²) in [5.74, 6) is -0.845. The fourth-order valence-corrected chi connectivity index (χ4v) is 0.590. The third-order valence-electron chi connectivity index (χ3n) is 1.05. The van der Waals surface area contributed by atoms with Crippen LogP contribution in [0.2, 0.25) is 0 Å². The van der Waals surface area contributed by atoms with Crippen LogP contribution in [-0.2, 0) is 0 Å². The summed E-state index contributed by atoms with van der Waals surface area (Å²) in [6.07, 6.45) is 1.02. The van der Waals surface area contributed by atoms with E-state index >= 15 is 0 Å². The van der Waals surface area contributed by atoms with Crippen molar-refractivity contribution in [2.45, 2.75) is 0 Å². The first-order chi connectivity index (χ1) is 5.63. The van der Waals surface area contributed by atoms with E-state index in [2.05, 4.69) is 10.2 Å². The third kappa shape index (κ3) is 1.31. The lowest BCUT2D eigenvalue weighted by molar-refractivity contribution is -0.426. The molecule has 8 heteroatoms. The molecule has 0 saturated carbocycles. The molecule has 0 aliphatic carbocycles. The average Bonchev–Trinajstić information content (AvgIpc) is 2.04. The molecule has 1 aromatic rings. The van der Waals surface area contributed by atoms with Crippen LogP contribution in [0.3, 0.4) is 0 Å². The van der Waals surface area contributed by atoms with E-state index in [1.807, 2.05) is 0 Å². The van der Waals surface area contributed by atoms with Gasteiger partial charge in [0.25, 0.3) is 0 Å². The van der Waals surface area contributed by atoms with Crippen molar-refractivity contribution < 1.29 is 9.85 Å². The largest absolute Gasteiger partial charge is 0.468 e. The minimum atomic E-state index is -0.953. The molecule has 0 aliphatic rings. The molecule has 0 aliphatic heterocycles. The Balaban J connectivity index is 3.27. The van der Waals surface area contributed by atoms with Gasteiger partial charge in [0.15, 0.2) is 0 Å². The van der Waals surface area contributed by atoms with Crippen molar-refractivity contribution in [1.82, 2.24) is 10.2 Å². The van der Waals surface area contributed by atoms with Gasteiger partial charge < -0.3 is 10.1 Å². The van der Waals surface area contributed by atoms with Crippen molar-refractivity contribution in [2.24, 2.45) is 0 Å². The predicted molar refractivity (Wildman–Crippen MR) is 35.3 cm³/mol. The van der Waals surface area contributed by atoms with Gasteiger partial charge in [-0.05, 0) is 10.0 Å². The van der Waals surface area contributed by atoms with Gasteiger partial charge in [0.2, 0.25) is 0 Å². The van der Waals surface area contributed by atoms with Crippen LogP contribution in [0.4, 0.5) is 11.5 Å². The summed E-state index contributed by atoms with van der Waals surface area (Å²) in [6, 6.07) is 0.922. The number of nitrogens with zero attached hydrogens (tertiary/aromatic N) is 4. The highest BCUT2D eigenvalue weighted by Gasteiger charge is 2.25. The van der Waals surface area contributed by atoms with Gasteiger partial charge in [-0.15, -0.1) is 0 Å². The number of hydrogen-bond acceptors (Lipinski definition) is 6. The van der Waals surface area contributed by atoms with Gasteiger partial charge in [-0.3, -0.25) is 10.1 Å². The summed E-state index contributed by atoms with van der Waals surface area (Å²) in [7, 11) is 0. The number of nitro groups is 2. The lowest BCUT2D eigenvalue weighted by atomic mass is 10.4. The van der Waals surface area contributed by atoms with Gasteiger partial charge in [-0.25, -0.2) is 0 Å².